The molecule has 0 spiro atoms. The molecule has 0 atom stereocenters. The average molecular weight is 170 g/mol. The van der Waals surface area contributed by atoms with Gasteiger partial charge in [0.15, 0.2) is 0 Å². The van der Waals surface area contributed by atoms with Crippen LogP contribution in [0.4, 0.5) is 0 Å². The highest BCUT2D eigenvalue weighted by molar-refractivity contribution is 4.86. The lowest BCUT2D eigenvalue weighted by molar-refractivity contribution is 0.246. The highest BCUT2D eigenvalue weighted by atomic mass is 15.1. The fourth-order valence-corrected chi connectivity index (χ4v) is 1.15. The van der Waals surface area contributed by atoms with Crippen LogP contribution in [-0.2, 0) is 0 Å². The molecule has 0 fully saturated rings. The van der Waals surface area contributed by atoms with Gasteiger partial charge in [0.1, 0.15) is 0 Å². The molecule has 0 aromatic carbocycles. The van der Waals surface area contributed by atoms with Crippen molar-refractivity contribution in [2.75, 3.05) is 19.6 Å². The van der Waals surface area contributed by atoms with Crippen molar-refractivity contribution in [2.45, 2.75) is 33.2 Å². The lowest BCUT2D eigenvalue weighted by Gasteiger charge is -2.24. The van der Waals surface area contributed by atoms with E-state index in [1.54, 1.807) is 0 Å². The van der Waals surface area contributed by atoms with Gasteiger partial charge < -0.3 is 5.73 Å². The van der Waals surface area contributed by atoms with Crippen molar-refractivity contribution in [3.63, 3.8) is 0 Å². The van der Waals surface area contributed by atoms with E-state index >= 15 is 0 Å². The van der Waals surface area contributed by atoms with Crippen molar-refractivity contribution in [2.24, 2.45) is 5.73 Å². The molecule has 0 bridgehead atoms. The van der Waals surface area contributed by atoms with Gasteiger partial charge >= 0.3 is 0 Å². The second kappa shape index (κ2) is 7.32. The summed E-state index contributed by atoms with van der Waals surface area (Å²) >= 11 is 0. The molecule has 0 radical (unpaired) electrons. The molecule has 0 saturated heterocycles. The van der Waals surface area contributed by atoms with E-state index in [9.17, 15) is 0 Å². The minimum Gasteiger partial charge on any atom is -0.327 e. The van der Waals surface area contributed by atoms with Crippen LogP contribution in [0.2, 0.25) is 0 Å². The predicted molar refractivity (Wildman–Crippen MR) is 55.2 cm³/mol. The number of hydrogen-bond donors (Lipinski definition) is 1. The molecule has 72 valence electrons. The maximum Gasteiger partial charge on any atom is 0.0166 e. The van der Waals surface area contributed by atoms with Crippen molar-refractivity contribution in [1.82, 2.24) is 4.90 Å². The number of hydrogen-bond acceptors (Lipinski definition) is 2. The van der Waals surface area contributed by atoms with Crippen LogP contribution in [0.15, 0.2) is 12.2 Å². The molecule has 0 aliphatic heterocycles. The summed E-state index contributed by atoms with van der Waals surface area (Å²) in [4.78, 5) is 2.44. The monoisotopic (exact) mass is 170 g/mol. The Morgan fingerprint density at radius 1 is 1.33 bits per heavy atom. The Hall–Kier alpha value is -0.340. The first-order valence-electron chi connectivity index (χ1n) is 4.81. The normalized spacial score (nSPS) is 12.2. The third kappa shape index (κ3) is 5.33. The van der Waals surface area contributed by atoms with E-state index in [-0.39, 0.29) is 0 Å². The summed E-state index contributed by atoms with van der Waals surface area (Å²) < 4.78 is 0. The molecule has 2 nitrogen and oxygen atoms in total. The van der Waals surface area contributed by atoms with E-state index in [4.69, 9.17) is 5.73 Å². The average Bonchev–Trinajstić information content (AvgIpc) is 2.03. The number of rotatable bonds is 6. The highest BCUT2D eigenvalue weighted by Crippen LogP contribution is 1.99. The first-order valence-corrected chi connectivity index (χ1v) is 4.81. The Labute approximate surface area is 76.4 Å². The van der Waals surface area contributed by atoms with Gasteiger partial charge in [0, 0.05) is 19.1 Å². The van der Waals surface area contributed by atoms with E-state index in [0.29, 0.717) is 12.6 Å². The molecule has 0 aliphatic rings. The van der Waals surface area contributed by atoms with Gasteiger partial charge in [-0.05, 0) is 26.8 Å². The molecule has 0 unspecified atom stereocenters. The smallest absolute Gasteiger partial charge is 0.0166 e. The van der Waals surface area contributed by atoms with Gasteiger partial charge in [0.25, 0.3) is 0 Å². The predicted octanol–water partition coefficient (Wildman–Crippen LogP) is 1.62. The third-order valence-electron chi connectivity index (χ3n) is 1.88. The minimum atomic E-state index is 0.632. The van der Waals surface area contributed by atoms with Crippen LogP contribution >= 0.6 is 0 Å². The number of nitrogens with two attached hydrogens (primary N) is 1. The summed E-state index contributed by atoms with van der Waals surface area (Å²) in [5, 5.41) is 0. The molecular formula is C10H22N2. The Morgan fingerprint density at radius 3 is 2.42 bits per heavy atom. The lowest BCUT2D eigenvalue weighted by Crippen LogP contribution is -2.31. The summed E-state index contributed by atoms with van der Waals surface area (Å²) in [5.41, 5.74) is 5.36. The lowest BCUT2D eigenvalue weighted by atomic mass is 10.3. The van der Waals surface area contributed by atoms with Gasteiger partial charge in [-0.3, -0.25) is 4.90 Å². The largest absolute Gasteiger partial charge is 0.327 e. The Kier molecular flexibility index (Phi) is 7.11. The number of nitrogens with zero attached hydrogens (tertiary/aromatic N) is 1. The zero-order chi connectivity index (χ0) is 9.40. The van der Waals surface area contributed by atoms with Crippen LogP contribution in [0.3, 0.4) is 0 Å². The van der Waals surface area contributed by atoms with Crippen LogP contribution in [0, 0.1) is 0 Å². The zero-order valence-electron chi connectivity index (χ0n) is 8.59. The fourth-order valence-electron chi connectivity index (χ4n) is 1.15. The van der Waals surface area contributed by atoms with E-state index < -0.39 is 0 Å². The molecule has 0 aliphatic carbocycles. The van der Waals surface area contributed by atoms with Gasteiger partial charge in [-0.2, -0.15) is 0 Å². The molecule has 12 heavy (non-hydrogen) atoms. The molecule has 0 aromatic rings. The molecular weight excluding hydrogens is 148 g/mol. The summed E-state index contributed by atoms with van der Waals surface area (Å²) in [6.45, 7) is 9.52. The van der Waals surface area contributed by atoms with Crippen molar-refractivity contribution in [3.8, 4) is 0 Å². The van der Waals surface area contributed by atoms with Gasteiger partial charge in [0.2, 0.25) is 0 Å². The van der Waals surface area contributed by atoms with Crippen LogP contribution in [0.25, 0.3) is 0 Å². The topological polar surface area (TPSA) is 29.3 Å². The summed E-state index contributed by atoms with van der Waals surface area (Å²) in [6.07, 6.45) is 5.38. The quantitative estimate of drug-likeness (QED) is 0.614. The van der Waals surface area contributed by atoms with E-state index in [1.165, 1.54) is 13.0 Å². The first-order chi connectivity index (χ1) is 5.72. The second-order valence-corrected chi connectivity index (χ2v) is 3.30. The Morgan fingerprint density at radius 2 is 2.00 bits per heavy atom. The van der Waals surface area contributed by atoms with E-state index in [2.05, 4.69) is 31.7 Å². The first kappa shape index (κ1) is 11.7. The Balaban J connectivity index is 3.70. The van der Waals surface area contributed by atoms with Gasteiger partial charge in [0.05, 0.1) is 0 Å². The summed E-state index contributed by atoms with van der Waals surface area (Å²) in [6, 6.07) is 0.632. The fraction of sp³-hybridized carbons (Fsp3) is 0.800. The van der Waals surface area contributed by atoms with Crippen molar-refractivity contribution in [1.29, 1.82) is 0 Å². The molecule has 0 rings (SSSR count). The maximum atomic E-state index is 5.36. The summed E-state index contributed by atoms with van der Waals surface area (Å²) in [5.74, 6) is 0. The molecule has 2 heteroatoms. The Bertz CT molecular complexity index is 119. The van der Waals surface area contributed by atoms with Crippen molar-refractivity contribution >= 4 is 0 Å². The molecule has 0 aromatic heterocycles. The molecule has 0 amide bonds. The zero-order valence-corrected chi connectivity index (χ0v) is 8.59. The maximum absolute atomic E-state index is 5.36. The van der Waals surface area contributed by atoms with E-state index in [1.807, 2.05) is 6.08 Å². The van der Waals surface area contributed by atoms with Crippen LogP contribution in [0.5, 0.6) is 0 Å². The minimum absolute atomic E-state index is 0.632. The standard InChI is InChI=1S/C10H22N2/c1-4-8-12(10(2)3)9-6-5-7-11/h5-6,10H,4,7-9,11H2,1-3H3. The summed E-state index contributed by atoms with van der Waals surface area (Å²) in [7, 11) is 0. The second-order valence-electron chi connectivity index (χ2n) is 3.30. The molecule has 0 saturated carbocycles. The van der Waals surface area contributed by atoms with Crippen molar-refractivity contribution < 1.29 is 0 Å². The van der Waals surface area contributed by atoms with Gasteiger partial charge in [-0.15, -0.1) is 0 Å². The van der Waals surface area contributed by atoms with Gasteiger partial charge in [-0.1, -0.05) is 19.1 Å². The van der Waals surface area contributed by atoms with Crippen LogP contribution in [-0.4, -0.2) is 30.6 Å². The molecule has 2 N–H and O–H groups in total. The SMILES string of the molecule is CCCN(CC=CCN)C(C)C. The van der Waals surface area contributed by atoms with Crippen LogP contribution < -0.4 is 5.73 Å². The van der Waals surface area contributed by atoms with Crippen LogP contribution in [0.1, 0.15) is 27.2 Å². The third-order valence-corrected chi connectivity index (χ3v) is 1.88. The van der Waals surface area contributed by atoms with Gasteiger partial charge in [-0.25, -0.2) is 0 Å². The van der Waals surface area contributed by atoms with Crippen molar-refractivity contribution in [3.05, 3.63) is 12.2 Å². The molecule has 0 heterocycles. The van der Waals surface area contributed by atoms with E-state index in [0.717, 1.165) is 6.54 Å². The highest BCUT2D eigenvalue weighted by Gasteiger charge is 2.04.